The van der Waals surface area contributed by atoms with Crippen LogP contribution in [0.1, 0.15) is 12.8 Å². The van der Waals surface area contributed by atoms with Crippen LogP contribution in [0.2, 0.25) is 0 Å². The molecule has 2 fully saturated rings. The third kappa shape index (κ3) is 3.20. The Balaban J connectivity index is 1.73. The molecular weight excluding hydrogens is 248 g/mol. The Bertz CT molecular complexity index is 350. The molecule has 88 valence electrons. The Morgan fingerprint density at radius 1 is 1.20 bits per heavy atom. The van der Waals surface area contributed by atoms with Crippen LogP contribution < -0.4 is 0 Å². The first kappa shape index (κ1) is 11.4. The summed E-state index contributed by atoms with van der Waals surface area (Å²) in [6.45, 7) is 0.284. The maximum Gasteiger partial charge on any atom is 0.400 e. The molecule has 0 aromatic heterocycles. The minimum Gasteiger partial charge on any atom is -0.266 e. The van der Waals surface area contributed by atoms with Gasteiger partial charge in [-0.3, -0.25) is 8.37 Å². The molecule has 2 aliphatic rings. The van der Waals surface area contributed by atoms with Crippen LogP contribution in [-0.4, -0.2) is 38.0 Å². The molecule has 3 atom stereocenters. The Morgan fingerprint density at radius 3 is 2.47 bits per heavy atom. The van der Waals surface area contributed by atoms with Crippen molar-refractivity contribution in [2.45, 2.75) is 25.0 Å². The standard InChI is InChI=1S/C6H10O7S2/c7-14-10-3-5(12-14)1-2-6-4-11-15(8,9)13-6/h5-6H,1-4H2. The van der Waals surface area contributed by atoms with Crippen LogP contribution in [-0.2, 0) is 38.5 Å². The molecule has 2 heterocycles. The Hall–Kier alpha value is -0.0600. The second-order valence-electron chi connectivity index (χ2n) is 3.20. The van der Waals surface area contributed by atoms with E-state index in [2.05, 4.69) is 12.5 Å². The van der Waals surface area contributed by atoms with Gasteiger partial charge in [0.1, 0.15) is 12.2 Å². The molecule has 9 heteroatoms. The van der Waals surface area contributed by atoms with Gasteiger partial charge in [0.2, 0.25) is 0 Å². The van der Waals surface area contributed by atoms with Gasteiger partial charge in [-0.05, 0) is 12.8 Å². The highest BCUT2D eigenvalue weighted by molar-refractivity contribution is 7.82. The summed E-state index contributed by atoms with van der Waals surface area (Å²) in [6.07, 6.45) is 0.241. The van der Waals surface area contributed by atoms with Gasteiger partial charge in [-0.15, -0.1) is 0 Å². The normalized spacial score (nSPS) is 39.6. The van der Waals surface area contributed by atoms with E-state index < -0.39 is 27.9 Å². The smallest absolute Gasteiger partial charge is 0.266 e. The average Bonchev–Trinajstić information content (AvgIpc) is 2.69. The van der Waals surface area contributed by atoms with Crippen LogP contribution in [0.25, 0.3) is 0 Å². The molecule has 7 nitrogen and oxygen atoms in total. The lowest BCUT2D eigenvalue weighted by Crippen LogP contribution is -2.16. The maximum absolute atomic E-state index is 10.7. The summed E-state index contributed by atoms with van der Waals surface area (Å²) >= 11 is -1.66. The molecular formula is C6H10O7S2. The van der Waals surface area contributed by atoms with E-state index in [0.717, 1.165) is 0 Å². The fraction of sp³-hybridized carbons (Fsp3) is 1.00. The van der Waals surface area contributed by atoms with Gasteiger partial charge in [-0.1, -0.05) is 0 Å². The average molecular weight is 258 g/mol. The lowest BCUT2D eigenvalue weighted by Gasteiger charge is -2.07. The summed E-state index contributed by atoms with van der Waals surface area (Å²) in [5, 5.41) is 0. The molecule has 2 saturated heterocycles. The molecule has 2 rings (SSSR count). The highest BCUT2D eigenvalue weighted by Gasteiger charge is 2.31. The Morgan fingerprint density at radius 2 is 1.93 bits per heavy atom. The van der Waals surface area contributed by atoms with Crippen molar-refractivity contribution in [3.63, 3.8) is 0 Å². The van der Waals surface area contributed by atoms with Crippen molar-refractivity contribution in [3.8, 4) is 0 Å². The van der Waals surface area contributed by atoms with E-state index in [4.69, 9.17) is 4.18 Å². The molecule has 0 bridgehead atoms. The minimum atomic E-state index is -3.78. The van der Waals surface area contributed by atoms with Gasteiger partial charge in [0, 0.05) is 0 Å². The second-order valence-corrected chi connectivity index (χ2v) is 5.28. The van der Waals surface area contributed by atoms with Crippen LogP contribution in [0.4, 0.5) is 0 Å². The van der Waals surface area contributed by atoms with Crippen molar-refractivity contribution >= 4 is 21.8 Å². The molecule has 0 aromatic carbocycles. The van der Waals surface area contributed by atoms with E-state index in [1.54, 1.807) is 0 Å². The van der Waals surface area contributed by atoms with Crippen LogP contribution in [0.3, 0.4) is 0 Å². The van der Waals surface area contributed by atoms with Gasteiger partial charge in [0.15, 0.2) is 0 Å². The van der Waals surface area contributed by atoms with Crippen LogP contribution in [0.15, 0.2) is 0 Å². The quantitative estimate of drug-likeness (QED) is 0.669. The molecule has 3 unspecified atom stereocenters. The van der Waals surface area contributed by atoms with Gasteiger partial charge in [0.25, 0.3) is 0 Å². The first-order valence-electron chi connectivity index (χ1n) is 4.35. The SMILES string of the molecule is O=S1OCC(CCC2COS(=O)(=O)O2)O1. The predicted octanol–water partition coefficient (Wildman–Crippen LogP) is -0.579. The summed E-state index contributed by atoms with van der Waals surface area (Å²) in [5.41, 5.74) is 0. The molecule has 0 aliphatic carbocycles. The third-order valence-electron chi connectivity index (χ3n) is 2.03. The molecule has 0 amide bonds. The summed E-state index contributed by atoms with van der Waals surface area (Å²) < 4.78 is 50.7. The van der Waals surface area contributed by atoms with Gasteiger partial charge in [-0.25, -0.2) is 8.37 Å². The van der Waals surface area contributed by atoms with Crippen LogP contribution in [0, 0.1) is 0 Å². The first-order chi connectivity index (χ1) is 7.05. The summed E-state index contributed by atoms with van der Waals surface area (Å²) in [7, 11) is -3.78. The molecule has 15 heavy (non-hydrogen) atoms. The van der Waals surface area contributed by atoms with E-state index in [-0.39, 0.29) is 19.3 Å². The Kier molecular flexibility index (Phi) is 3.38. The fourth-order valence-electron chi connectivity index (χ4n) is 1.31. The number of hydrogen-bond acceptors (Lipinski definition) is 7. The van der Waals surface area contributed by atoms with Crippen molar-refractivity contribution in [1.29, 1.82) is 0 Å². The fourth-order valence-corrected chi connectivity index (χ4v) is 2.87. The predicted molar refractivity (Wildman–Crippen MR) is 47.9 cm³/mol. The zero-order valence-corrected chi connectivity index (χ0v) is 9.29. The molecule has 0 N–H and O–H groups in total. The monoisotopic (exact) mass is 258 g/mol. The maximum atomic E-state index is 10.7. The molecule has 0 spiro atoms. The van der Waals surface area contributed by atoms with Crippen molar-refractivity contribution < 1.29 is 29.4 Å². The van der Waals surface area contributed by atoms with Gasteiger partial charge >= 0.3 is 21.8 Å². The molecule has 0 saturated carbocycles. The first-order valence-corrected chi connectivity index (χ1v) is 6.68. The van der Waals surface area contributed by atoms with Gasteiger partial charge in [0.05, 0.1) is 13.2 Å². The molecule has 0 aromatic rings. The lowest BCUT2D eigenvalue weighted by molar-refractivity contribution is 0.171. The van der Waals surface area contributed by atoms with E-state index in [9.17, 15) is 12.6 Å². The van der Waals surface area contributed by atoms with Crippen LogP contribution in [0.5, 0.6) is 0 Å². The highest BCUT2D eigenvalue weighted by atomic mass is 32.3. The summed E-state index contributed by atoms with van der Waals surface area (Å²) in [5.74, 6) is 0. The number of hydrogen-bond donors (Lipinski definition) is 0. The van der Waals surface area contributed by atoms with E-state index >= 15 is 0 Å². The van der Waals surface area contributed by atoms with E-state index in [1.807, 2.05) is 0 Å². The van der Waals surface area contributed by atoms with Crippen molar-refractivity contribution in [1.82, 2.24) is 0 Å². The molecule has 0 radical (unpaired) electrons. The summed E-state index contributed by atoms with van der Waals surface area (Å²) in [4.78, 5) is 0. The van der Waals surface area contributed by atoms with Crippen LogP contribution >= 0.6 is 0 Å². The largest absolute Gasteiger partial charge is 0.400 e. The van der Waals surface area contributed by atoms with Gasteiger partial charge < -0.3 is 0 Å². The summed E-state index contributed by atoms with van der Waals surface area (Å²) in [6, 6.07) is 0. The van der Waals surface area contributed by atoms with Crippen molar-refractivity contribution in [2.75, 3.05) is 13.2 Å². The number of rotatable bonds is 3. The third-order valence-corrected chi connectivity index (χ3v) is 3.72. The van der Waals surface area contributed by atoms with Crippen molar-refractivity contribution in [2.24, 2.45) is 0 Å². The molecule has 2 aliphatic heterocycles. The second kappa shape index (κ2) is 4.44. The highest BCUT2D eigenvalue weighted by Crippen LogP contribution is 2.20. The Labute approximate surface area is 89.8 Å². The van der Waals surface area contributed by atoms with E-state index in [0.29, 0.717) is 12.8 Å². The minimum absolute atomic E-state index is 0.0268. The zero-order chi connectivity index (χ0) is 10.9. The lowest BCUT2D eigenvalue weighted by atomic mass is 10.1. The van der Waals surface area contributed by atoms with Gasteiger partial charge in [-0.2, -0.15) is 12.6 Å². The van der Waals surface area contributed by atoms with Crippen molar-refractivity contribution in [3.05, 3.63) is 0 Å². The topological polar surface area (TPSA) is 88.1 Å². The zero-order valence-electron chi connectivity index (χ0n) is 7.66. The van der Waals surface area contributed by atoms with E-state index in [1.165, 1.54) is 0 Å².